The van der Waals surface area contributed by atoms with E-state index in [2.05, 4.69) is 69.9 Å². The first kappa shape index (κ1) is 18.2. The zero-order valence-electron chi connectivity index (χ0n) is 14.6. The monoisotopic (exact) mass is 290 g/mol. The largest absolute Gasteiger partial charge is 0.323 e. The van der Waals surface area contributed by atoms with E-state index in [1.165, 1.54) is 24.9 Å². The molecule has 2 heteroatoms. The molecule has 0 amide bonds. The van der Waals surface area contributed by atoms with Crippen molar-refractivity contribution in [1.82, 2.24) is 4.90 Å². The Morgan fingerprint density at radius 1 is 1.05 bits per heavy atom. The Hall–Kier alpha value is -0.860. The van der Waals surface area contributed by atoms with E-state index >= 15 is 0 Å². The summed E-state index contributed by atoms with van der Waals surface area (Å²) in [6.07, 6.45) is 2.52. The molecule has 0 spiro atoms. The summed E-state index contributed by atoms with van der Waals surface area (Å²) in [6, 6.07) is 10.6. The van der Waals surface area contributed by atoms with Gasteiger partial charge >= 0.3 is 0 Å². The fourth-order valence-corrected chi connectivity index (χ4v) is 3.00. The maximum absolute atomic E-state index is 6.54. The lowest BCUT2D eigenvalue weighted by molar-refractivity contribution is 0.137. The Morgan fingerprint density at radius 3 is 2.10 bits per heavy atom. The molecule has 0 heterocycles. The number of benzene rings is 1. The van der Waals surface area contributed by atoms with Crippen LogP contribution in [0.5, 0.6) is 0 Å². The Kier molecular flexibility index (Phi) is 7.41. The van der Waals surface area contributed by atoms with Crippen LogP contribution in [0.25, 0.3) is 0 Å². The highest BCUT2D eigenvalue weighted by Crippen LogP contribution is 2.32. The number of nitrogens with zero attached hydrogens (tertiary/aromatic N) is 1. The molecule has 1 rings (SSSR count). The molecule has 0 aromatic heterocycles. The van der Waals surface area contributed by atoms with Gasteiger partial charge in [0.25, 0.3) is 0 Å². The van der Waals surface area contributed by atoms with Gasteiger partial charge < -0.3 is 10.6 Å². The van der Waals surface area contributed by atoms with Crippen molar-refractivity contribution in [3.05, 3.63) is 35.9 Å². The summed E-state index contributed by atoms with van der Waals surface area (Å²) in [7, 11) is 0. The molecule has 0 radical (unpaired) electrons. The Balaban J connectivity index is 2.72. The minimum atomic E-state index is 0.0728. The van der Waals surface area contributed by atoms with Crippen molar-refractivity contribution in [2.75, 3.05) is 19.6 Å². The lowest BCUT2D eigenvalue weighted by Crippen LogP contribution is -2.42. The predicted octanol–water partition coefficient (Wildman–Crippen LogP) is 4.47. The standard InChI is InChI=1S/C19H34N2/c1-6-16(7-2)14-21(8-3)15-19(4,5)18(20)17-12-10-9-11-13-17/h9-13,16,18H,6-8,14-15,20H2,1-5H3. The molecule has 1 aromatic carbocycles. The Morgan fingerprint density at radius 2 is 1.62 bits per heavy atom. The molecule has 1 unspecified atom stereocenters. The number of rotatable bonds is 9. The molecule has 0 bridgehead atoms. The van der Waals surface area contributed by atoms with Crippen LogP contribution in [0.4, 0.5) is 0 Å². The molecule has 1 aromatic rings. The summed E-state index contributed by atoms with van der Waals surface area (Å²) in [6.45, 7) is 14.8. The van der Waals surface area contributed by atoms with Crippen molar-refractivity contribution >= 4 is 0 Å². The molecule has 0 aliphatic rings. The summed E-state index contributed by atoms with van der Waals surface area (Å²) in [5, 5.41) is 0. The fourth-order valence-electron chi connectivity index (χ4n) is 3.00. The highest BCUT2D eigenvalue weighted by Gasteiger charge is 2.30. The predicted molar refractivity (Wildman–Crippen MR) is 93.3 cm³/mol. The van der Waals surface area contributed by atoms with E-state index in [0.717, 1.165) is 19.0 Å². The second kappa shape index (κ2) is 8.55. The Labute approximate surface area is 131 Å². The first-order valence-corrected chi connectivity index (χ1v) is 8.47. The van der Waals surface area contributed by atoms with Crippen molar-refractivity contribution in [2.45, 2.75) is 53.5 Å². The number of hydrogen-bond acceptors (Lipinski definition) is 2. The van der Waals surface area contributed by atoms with Gasteiger partial charge in [0.1, 0.15) is 0 Å². The molecule has 0 aliphatic carbocycles. The van der Waals surface area contributed by atoms with Crippen LogP contribution in [0.2, 0.25) is 0 Å². The van der Waals surface area contributed by atoms with E-state index in [4.69, 9.17) is 5.73 Å². The third kappa shape index (κ3) is 5.44. The average Bonchev–Trinajstić information content (AvgIpc) is 2.51. The van der Waals surface area contributed by atoms with Gasteiger partial charge in [0.2, 0.25) is 0 Å². The highest BCUT2D eigenvalue weighted by atomic mass is 15.1. The summed E-state index contributed by atoms with van der Waals surface area (Å²) < 4.78 is 0. The van der Waals surface area contributed by atoms with E-state index in [1.54, 1.807) is 0 Å². The van der Waals surface area contributed by atoms with Crippen LogP contribution in [0, 0.1) is 11.3 Å². The van der Waals surface area contributed by atoms with Gasteiger partial charge in [-0.3, -0.25) is 0 Å². The van der Waals surface area contributed by atoms with E-state index in [-0.39, 0.29) is 11.5 Å². The van der Waals surface area contributed by atoms with Crippen LogP contribution in [0.3, 0.4) is 0 Å². The van der Waals surface area contributed by atoms with E-state index < -0.39 is 0 Å². The molecule has 1 atom stereocenters. The first-order valence-electron chi connectivity index (χ1n) is 8.47. The van der Waals surface area contributed by atoms with Gasteiger partial charge in [0.05, 0.1) is 0 Å². The smallest absolute Gasteiger partial charge is 0.0359 e. The van der Waals surface area contributed by atoms with Crippen molar-refractivity contribution in [1.29, 1.82) is 0 Å². The topological polar surface area (TPSA) is 29.3 Å². The zero-order chi connectivity index (χ0) is 15.9. The molecule has 0 saturated carbocycles. The van der Waals surface area contributed by atoms with Crippen molar-refractivity contribution in [3.8, 4) is 0 Å². The minimum absolute atomic E-state index is 0.0728. The summed E-state index contributed by atoms with van der Waals surface area (Å²) in [5.74, 6) is 0.800. The van der Waals surface area contributed by atoms with Crippen LogP contribution in [-0.2, 0) is 0 Å². The van der Waals surface area contributed by atoms with E-state index in [1.807, 2.05) is 0 Å². The van der Waals surface area contributed by atoms with Crippen LogP contribution < -0.4 is 5.73 Å². The van der Waals surface area contributed by atoms with Crippen molar-refractivity contribution < 1.29 is 0 Å². The van der Waals surface area contributed by atoms with Gasteiger partial charge in [-0.05, 0) is 23.4 Å². The van der Waals surface area contributed by atoms with Gasteiger partial charge in [-0.25, -0.2) is 0 Å². The second-order valence-corrected chi connectivity index (χ2v) is 6.89. The van der Waals surface area contributed by atoms with Crippen molar-refractivity contribution in [2.24, 2.45) is 17.1 Å². The molecule has 0 aliphatic heterocycles. The molecule has 120 valence electrons. The van der Waals surface area contributed by atoms with Crippen molar-refractivity contribution in [3.63, 3.8) is 0 Å². The normalized spacial score (nSPS) is 13.9. The highest BCUT2D eigenvalue weighted by molar-refractivity contribution is 5.20. The summed E-state index contributed by atoms with van der Waals surface area (Å²) >= 11 is 0. The molecule has 21 heavy (non-hydrogen) atoms. The summed E-state index contributed by atoms with van der Waals surface area (Å²) in [4.78, 5) is 2.57. The van der Waals surface area contributed by atoms with Gasteiger partial charge in [0.15, 0.2) is 0 Å². The van der Waals surface area contributed by atoms with Crippen LogP contribution in [0.1, 0.15) is 59.1 Å². The third-order valence-corrected chi connectivity index (χ3v) is 4.75. The van der Waals surface area contributed by atoms with Gasteiger partial charge in [-0.15, -0.1) is 0 Å². The third-order valence-electron chi connectivity index (χ3n) is 4.75. The number of nitrogens with two attached hydrogens (primary N) is 1. The summed E-state index contributed by atoms with van der Waals surface area (Å²) in [5.41, 5.74) is 7.85. The quantitative estimate of drug-likeness (QED) is 0.727. The maximum atomic E-state index is 6.54. The molecular weight excluding hydrogens is 256 g/mol. The zero-order valence-corrected chi connectivity index (χ0v) is 14.6. The van der Waals surface area contributed by atoms with Gasteiger partial charge in [-0.2, -0.15) is 0 Å². The molecule has 2 N–H and O–H groups in total. The lowest BCUT2D eigenvalue weighted by Gasteiger charge is -2.38. The van der Waals surface area contributed by atoms with Crippen LogP contribution >= 0.6 is 0 Å². The second-order valence-electron chi connectivity index (χ2n) is 6.89. The van der Waals surface area contributed by atoms with Gasteiger partial charge in [-0.1, -0.05) is 77.8 Å². The van der Waals surface area contributed by atoms with Crippen LogP contribution in [-0.4, -0.2) is 24.5 Å². The molecule has 2 nitrogen and oxygen atoms in total. The fraction of sp³-hybridized carbons (Fsp3) is 0.684. The Bertz CT molecular complexity index is 382. The van der Waals surface area contributed by atoms with Gasteiger partial charge in [0, 0.05) is 19.1 Å². The average molecular weight is 290 g/mol. The van der Waals surface area contributed by atoms with E-state index in [9.17, 15) is 0 Å². The minimum Gasteiger partial charge on any atom is -0.323 e. The first-order chi connectivity index (χ1) is 9.94. The molecule has 0 fully saturated rings. The van der Waals surface area contributed by atoms with E-state index in [0.29, 0.717) is 0 Å². The maximum Gasteiger partial charge on any atom is 0.0359 e. The number of hydrogen-bond donors (Lipinski definition) is 1. The van der Waals surface area contributed by atoms with Crippen LogP contribution in [0.15, 0.2) is 30.3 Å². The molecule has 0 saturated heterocycles. The molecular formula is C19H34N2. The lowest BCUT2D eigenvalue weighted by atomic mass is 9.80. The SMILES string of the molecule is CCC(CC)CN(CC)CC(C)(C)C(N)c1ccccc1.